The lowest BCUT2D eigenvalue weighted by atomic mass is 9.87. The number of rotatable bonds is 5. The van der Waals surface area contributed by atoms with E-state index in [0.717, 1.165) is 25.7 Å². The number of nitrogens with one attached hydrogen (secondary N) is 1. The van der Waals surface area contributed by atoms with Crippen LogP contribution in [0.1, 0.15) is 44.1 Å². The molecular formula is C16H20F3NO2. The van der Waals surface area contributed by atoms with E-state index in [-0.39, 0.29) is 18.2 Å². The fourth-order valence-electron chi connectivity index (χ4n) is 2.79. The minimum Gasteiger partial charge on any atom is -0.405 e. The van der Waals surface area contributed by atoms with Crippen LogP contribution in [0.15, 0.2) is 24.3 Å². The molecule has 3 nitrogen and oxygen atoms in total. The zero-order valence-electron chi connectivity index (χ0n) is 12.3. The maximum absolute atomic E-state index is 12.3. The minimum atomic E-state index is -4.73. The van der Waals surface area contributed by atoms with Crippen molar-refractivity contribution >= 4 is 5.91 Å². The van der Waals surface area contributed by atoms with Crippen LogP contribution in [0.25, 0.3) is 0 Å². The van der Waals surface area contributed by atoms with Crippen molar-refractivity contribution < 1.29 is 22.7 Å². The van der Waals surface area contributed by atoms with Gasteiger partial charge in [-0.25, -0.2) is 0 Å². The Hall–Kier alpha value is -1.72. The molecular weight excluding hydrogens is 295 g/mol. The number of ether oxygens (including phenoxy) is 1. The summed E-state index contributed by atoms with van der Waals surface area (Å²) < 4.78 is 40.9. The summed E-state index contributed by atoms with van der Waals surface area (Å²) in [5.41, 5.74) is 0.316. The second kappa shape index (κ2) is 7.51. The van der Waals surface area contributed by atoms with E-state index < -0.39 is 6.36 Å². The van der Waals surface area contributed by atoms with Crippen molar-refractivity contribution in [3.05, 3.63) is 29.8 Å². The zero-order chi connectivity index (χ0) is 16.0. The normalized spacial score (nSPS) is 16.3. The highest BCUT2D eigenvalue weighted by molar-refractivity contribution is 5.76. The van der Waals surface area contributed by atoms with Gasteiger partial charge in [0, 0.05) is 18.5 Å². The van der Waals surface area contributed by atoms with Gasteiger partial charge in [0.15, 0.2) is 0 Å². The maximum atomic E-state index is 12.3. The molecule has 6 heteroatoms. The number of benzene rings is 1. The van der Waals surface area contributed by atoms with Crippen LogP contribution >= 0.6 is 0 Å². The first-order chi connectivity index (χ1) is 10.4. The zero-order valence-corrected chi connectivity index (χ0v) is 12.3. The van der Waals surface area contributed by atoms with Gasteiger partial charge in [0.25, 0.3) is 0 Å². The molecule has 0 saturated heterocycles. The molecule has 0 spiro atoms. The first kappa shape index (κ1) is 16.6. The first-order valence-corrected chi connectivity index (χ1v) is 7.54. The molecule has 1 aromatic rings. The van der Waals surface area contributed by atoms with Crippen LogP contribution in [0.4, 0.5) is 13.2 Å². The van der Waals surface area contributed by atoms with Crippen LogP contribution in [0.2, 0.25) is 0 Å². The predicted molar refractivity (Wildman–Crippen MR) is 76.2 cm³/mol. The van der Waals surface area contributed by atoms with Crippen molar-refractivity contribution in [1.29, 1.82) is 0 Å². The number of para-hydroxylation sites is 1. The highest BCUT2D eigenvalue weighted by atomic mass is 19.4. The van der Waals surface area contributed by atoms with Crippen LogP contribution in [-0.2, 0) is 11.3 Å². The van der Waals surface area contributed by atoms with E-state index in [4.69, 9.17) is 0 Å². The van der Waals surface area contributed by atoms with Gasteiger partial charge < -0.3 is 10.1 Å². The van der Waals surface area contributed by atoms with Crippen molar-refractivity contribution in [2.45, 2.75) is 51.4 Å². The maximum Gasteiger partial charge on any atom is 0.573 e. The van der Waals surface area contributed by atoms with Crippen LogP contribution in [0.3, 0.4) is 0 Å². The van der Waals surface area contributed by atoms with Gasteiger partial charge in [-0.15, -0.1) is 13.2 Å². The van der Waals surface area contributed by atoms with Crippen LogP contribution in [-0.4, -0.2) is 12.3 Å². The predicted octanol–water partition coefficient (Wildman–Crippen LogP) is 4.17. The lowest BCUT2D eigenvalue weighted by Crippen LogP contribution is -2.26. The van der Waals surface area contributed by atoms with Crippen LogP contribution < -0.4 is 10.1 Å². The molecule has 1 N–H and O–H groups in total. The molecule has 1 fully saturated rings. The number of alkyl halides is 3. The largest absolute Gasteiger partial charge is 0.573 e. The van der Waals surface area contributed by atoms with Crippen molar-refractivity contribution in [2.75, 3.05) is 0 Å². The molecule has 0 aliphatic heterocycles. The molecule has 0 bridgehead atoms. The van der Waals surface area contributed by atoms with E-state index in [2.05, 4.69) is 10.1 Å². The Morgan fingerprint density at radius 2 is 1.86 bits per heavy atom. The molecule has 1 amide bonds. The van der Waals surface area contributed by atoms with Gasteiger partial charge in [-0.1, -0.05) is 37.5 Å². The number of hydrogen-bond acceptors (Lipinski definition) is 2. The Labute approximate surface area is 127 Å². The Balaban J connectivity index is 1.86. The van der Waals surface area contributed by atoms with Crippen molar-refractivity contribution in [2.24, 2.45) is 5.92 Å². The minimum absolute atomic E-state index is 0.0395. The first-order valence-electron chi connectivity index (χ1n) is 7.54. The fourth-order valence-corrected chi connectivity index (χ4v) is 2.79. The monoisotopic (exact) mass is 315 g/mol. The molecule has 0 radical (unpaired) electrons. The quantitative estimate of drug-likeness (QED) is 0.885. The van der Waals surface area contributed by atoms with Crippen molar-refractivity contribution in [3.8, 4) is 5.75 Å². The van der Waals surface area contributed by atoms with Gasteiger partial charge in [0.1, 0.15) is 5.75 Å². The Kier molecular flexibility index (Phi) is 5.69. The number of amides is 1. The molecule has 1 aliphatic carbocycles. The average Bonchev–Trinajstić information content (AvgIpc) is 2.46. The summed E-state index contributed by atoms with van der Waals surface area (Å²) in [5, 5.41) is 2.69. The van der Waals surface area contributed by atoms with E-state index in [1.54, 1.807) is 6.07 Å². The highest BCUT2D eigenvalue weighted by Crippen LogP contribution is 2.27. The summed E-state index contributed by atoms with van der Waals surface area (Å²) >= 11 is 0. The van der Waals surface area contributed by atoms with Gasteiger partial charge in [-0.2, -0.15) is 0 Å². The van der Waals surface area contributed by atoms with Gasteiger partial charge in [0.05, 0.1) is 0 Å². The molecule has 0 atom stereocenters. The smallest absolute Gasteiger partial charge is 0.405 e. The molecule has 22 heavy (non-hydrogen) atoms. The second-order valence-electron chi connectivity index (χ2n) is 5.64. The summed E-state index contributed by atoms with van der Waals surface area (Å²) in [6.45, 7) is 0.0395. The lowest BCUT2D eigenvalue weighted by Gasteiger charge is -2.21. The third-order valence-corrected chi connectivity index (χ3v) is 3.87. The third kappa shape index (κ3) is 5.58. The third-order valence-electron chi connectivity index (χ3n) is 3.87. The Bertz CT molecular complexity index is 496. The lowest BCUT2D eigenvalue weighted by molar-refractivity contribution is -0.274. The van der Waals surface area contributed by atoms with E-state index in [1.165, 1.54) is 24.6 Å². The summed E-state index contributed by atoms with van der Waals surface area (Å²) in [6.07, 6.45) is 1.35. The summed E-state index contributed by atoms with van der Waals surface area (Å²) in [4.78, 5) is 11.9. The standard InChI is InChI=1S/C16H20F3NO2/c17-16(18,19)22-14-9-5-4-8-13(14)11-20-15(21)10-12-6-2-1-3-7-12/h4-5,8-9,12H,1-3,6-7,10-11H2,(H,20,21). The number of carbonyl (C=O) groups is 1. The highest BCUT2D eigenvalue weighted by Gasteiger charge is 2.32. The average molecular weight is 315 g/mol. The van der Waals surface area contributed by atoms with Gasteiger partial charge in [0.2, 0.25) is 5.91 Å². The molecule has 1 aromatic carbocycles. The molecule has 122 valence electrons. The van der Waals surface area contributed by atoms with E-state index >= 15 is 0 Å². The summed E-state index contributed by atoms with van der Waals surface area (Å²) in [6, 6.07) is 5.85. The van der Waals surface area contributed by atoms with Gasteiger partial charge >= 0.3 is 6.36 Å². The molecule has 0 aromatic heterocycles. The molecule has 1 aliphatic rings. The van der Waals surface area contributed by atoms with Crippen LogP contribution in [0, 0.1) is 5.92 Å². The van der Waals surface area contributed by atoms with Crippen molar-refractivity contribution in [1.82, 2.24) is 5.32 Å². The Morgan fingerprint density at radius 1 is 1.18 bits per heavy atom. The van der Waals surface area contributed by atoms with Gasteiger partial charge in [-0.05, 0) is 24.8 Å². The van der Waals surface area contributed by atoms with E-state index in [9.17, 15) is 18.0 Å². The SMILES string of the molecule is O=C(CC1CCCCC1)NCc1ccccc1OC(F)(F)F. The molecule has 0 heterocycles. The topological polar surface area (TPSA) is 38.3 Å². The number of carbonyl (C=O) groups excluding carboxylic acids is 1. The molecule has 1 saturated carbocycles. The summed E-state index contributed by atoms with van der Waals surface area (Å²) in [7, 11) is 0. The molecule has 2 rings (SSSR count). The van der Waals surface area contributed by atoms with Gasteiger partial charge in [-0.3, -0.25) is 4.79 Å². The Morgan fingerprint density at radius 3 is 2.55 bits per heavy atom. The van der Waals surface area contributed by atoms with Crippen molar-refractivity contribution in [3.63, 3.8) is 0 Å². The second-order valence-corrected chi connectivity index (χ2v) is 5.64. The molecule has 0 unspecified atom stereocenters. The van der Waals surface area contributed by atoms with E-state index in [0.29, 0.717) is 17.9 Å². The number of hydrogen-bond donors (Lipinski definition) is 1. The van der Waals surface area contributed by atoms with Crippen LogP contribution in [0.5, 0.6) is 5.75 Å². The van der Waals surface area contributed by atoms with E-state index in [1.807, 2.05) is 0 Å². The summed E-state index contributed by atoms with van der Waals surface area (Å²) in [5.74, 6) is 0.0112. The number of halogens is 3. The fraction of sp³-hybridized carbons (Fsp3) is 0.562.